The molecule has 3 rings (SSSR count). The number of anilines is 1. The number of rotatable bonds is 4. The van der Waals surface area contributed by atoms with Crippen molar-refractivity contribution in [3.8, 4) is 0 Å². The molecule has 1 saturated heterocycles. The summed E-state index contributed by atoms with van der Waals surface area (Å²) in [7, 11) is -2.79. The Kier molecular flexibility index (Phi) is 4.12. The Morgan fingerprint density at radius 2 is 2.09 bits per heavy atom. The normalized spacial score (nSPS) is 20.1. The summed E-state index contributed by atoms with van der Waals surface area (Å²) in [4.78, 5) is 0. The van der Waals surface area contributed by atoms with Crippen molar-refractivity contribution >= 4 is 26.4 Å². The Morgan fingerprint density at radius 1 is 1.36 bits per heavy atom. The highest BCUT2D eigenvalue weighted by Crippen LogP contribution is 2.26. The van der Waals surface area contributed by atoms with Crippen LogP contribution in [0, 0.1) is 5.92 Å². The predicted molar refractivity (Wildman–Crippen MR) is 89.9 cm³/mol. The van der Waals surface area contributed by atoms with Crippen LogP contribution in [0.25, 0.3) is 10.9 Å². The van der Waals surface area contributed by atoms with Gasteiger partial charge in [0.1, 0.15) is 9.84 Å². The second-order valence-electron chi connectivity index (χ2n) is 6.16. The van der Waals surface area contributed by atoms with Gasteiger partial charge in [0, 0.05) is 23.7 Å². The zero-order valence-electron chi connectivity index (χ0n) is 13.1. The van der Waals surface area contributed by atoms with Crippen molar-refractivity contribution in [2.24, 2.45) is 5.92 Å². The van der Waals surface area contributed by atoms with Crippen LogP contribution in [0.15, 0.2) is 24.4 Å². The average molecular weight is 321 g/mol. The molecule has 1 fully saturated rings. The van der Waals surface area contributed by atoms with Gasteiger partial charge in [0.25, 0.3) is 0 Å². The zero-order chi connectivity index (χ0) is 15.7. The van der Waals surface area contributed by atoms with Gasteiger partial charge in [-0.15, -0.1) is 0 Å². The minimum atomic E-state index is -2.79. The van der Waals surface area contributed by atoms with Gasteiger partial charge in [0.2, 0.25) is 0 Å². The predicted octanol–water partition coefficient (Wildman–Crippen LogP) is 2.68. The number of aromatic nitrogens is 2. The monoisotopic (exact) mass is 321 g/mol. The molecule has 22 heavy (non-hydrogen) atoms. The van der Waals surface area contributed by atoms with Crippen molar-refractivity contribution in [2.75, 3.05) is 16.8 Å². The van der Waals surface area contributed by atoms with Crippen LogP contribution < -0.4 is 5.32 Å². The van der Waals surface area contributed by atoms with E-state index in [1.54, 1.807) is 0 Å². The van der Waals surface area contributed by atoms with Crippen LogP contribution in [0.5, 0.6) is 0 Å². The van der Waals surface area contributed by atoms with Crippen molar-refractivity contribution in [1.29, 1.82) is 0 Å². The van der Waals surface area contributed by atoms with Crippen LogP contribution in [0.1, 0.15) is 26.7 Å². The highest BCUT2D eigenvalue weighted by atomic mass is 32.2. The Labute approximate surface area is 131 Å². The molecule has 5 nitrogen and oxygen atoms in total. The first-order valence-corrected chi connectivity index (χ1v) is 9.73. The number of nitrogens with one attached hydrogen (secondary N) is 1. The van der Waals surface area contributed by atoms with E-state index in [-0.39, 0.29) is 6.04 Å². The fourth-order valence-electron chi connectivity index (χ4n) is 3.20. The van der Waals surface area contributed by atoms with Crippen molar-refractivity contribution in [3.63, 3.8) is 0 Å². The van der Waals surface area contributed by atoms with E-state index in [4.69, 9.17) is 0 Å². The molecule has 2 heterocycles. The first kappa shape index (κ1) is 15.3. The maximum absolute atomic E-state index is 11.5. The molecule has 0 spiro atoms. The number of fused-ring (bicyclic) bond motifs is 1. The van der Waals surface area contributed by atoms with Gasteiger partial charge in [-0.1, -0.05) is 0 Å². The lowest BCUT2D eigenvalue weighted by Crippen LogP contribution is -2.33. The maximum atomic E-state index is 11.5. The quantitative estimate of drug-likeness (QED) is 0.940. The first-order chi connectivity index (χ1) is 10.5. The largest absolute Gasteiger partial charge is 0.382 e. The molecule has 2 aromatic rings. The molecule has 1 aromatic heterocycles. The SMILES string of the molecule is CCn1ncc2ccc(N[C@@H](C)C3CCS(=O)(=O)CC3)cc21. The maximum Gasteiger partial charge on any atom is 0.150 e. The molecule has 120 valence electrons. The summed E-state index contributed by atoms with van der Waals surface area (Å²) in [5.74, 6) is 1.06. The van der Waals surface area contributed by atoms with Crippen molar-refractivity contribution in [2.45, 2.75) is 39.3 Å². The Hall–Kier alpha value is -1.56. The Balaban J connectivity index is 1.72. The summed E-state index contributed by atoms with van der Waals surface area (Å²) in [6.45, 7) is 5.07. The van der Waals surface area contributed by atoms with Gasteiger partial charge in [-0.05, 0) is 50.8 Å². The van der Waals surface area contributed by atoms with Crippen molar-refractivity contribution in [1.82, 2.24) is 9.78 Å². The summed E-state index contributed by atoms with van der Waals surface area (Å²) in [6.07, 6.45) is 3.40. The molecule has 0 saturated carbocycles. The third kappa shape index (κ3) is 3.11. The molecule has 0 bridgehead atoms. The number of benzene rings is 1. The molecule has 6 heteroatoms. The second-order valence-corrected chi connectivity index (χ2v) is 8.46. The van der Waals surface area contributed by atoms with Crippen LogP contribution in [-0.4, -0.2) is 35.7 Å². The van der Waals surface area contributed by atoms with Crippen LogP contribution in [0.2, 0.25) is 0 Å². The first-order valence-electron chi connectivity index (χ1n) is 7.91. The molecule has 0 amide bonds. The fourth-order valence-corrected chi connectivity index (χ4v) is 4.73. The lowest BCUT2D eigenvalue weighted by Gasteiger charge is -2.29. The smallest absolute Gasteiger partial charge is 0.150 e. The highest BCUT2D eigenvalue weighted by Gasteiger charge is 2.27. The van der Waals surface area contributed by atoms with E-state index in [2.05, 4.69) is 42.5 Å². The molecule has 1 aliphatic rings. The van der Waals surface area contributed by atoms with Gasteiger partial charge < -0.3 is 5.32 Å². The Morgan fingerprint density at radius 3 is 2.77 bits per heavy atom. The number of sulfone groups is 1. The third-order valence-corrected chi connectivity index (χ3v) is 6.36. The molecule has 0 unspecified atom stereocenters. The topological polar surface area (TPSA) is 64.0 Å². The van der Waals surface area contributed by atoms with Gasteiger partial charge in [-0.3, -0.25) is 4.68 Å². The summed E-state index contributed by atoms with van der Waals surface area (Å²) in [6, 6.07) is 6.54. The van der Waals surface area contributed by atoms with Crippen LogP contribution in [0.4, 0.5) is 5.69 Å². The van der Waals surface area contributed by atoms with E-state index in [9.17, 15) is 8.42 Å². The summed E-state index contributed by atoms with van der Waals surface area (Å²) < 4.78 is 25.1. The number of nitrogens with zero attached hydrogens (tertiary/aromatic N) is 2. The minimum absolute atomic E-state index is 0.269. The summed E-state index contributed by atoms with van der Waals surface area (Å²) in [5, 5.41) is 9.04. The molecule has 1 aromatic carbocycles. The van der Waals surface area contributed by atoms with E-state index in [1.165, 1.54) is 0 Å². The molecule has 0 aliphatic carbocycles. The van der Waals surface area contributed by atoms with Crippen LogP contribution >= 0.6 is 0 Å². The molecule has 1 aliphatic heterocycles. The summed E-state index contributed by atoms with van der Waals surface area (Å²) in [5.41, 5.74) is 2.20. The lowest BCUT2D eigenvalue weighted by molar-refractivity contribution is 0.420. The standard InChI is InChI=1S/C16H23N3O2S/c1-3-19-16-10-15(5-4-14(16)11-17-19)18-12(2)13-6-8-22(20,21)9-7-13/h4-5,10-13,18H,3,6-9H2,1-2H3/t12-/m0/s1. The van der Waals surface area contributed by atoms with Crippen LogP contribution in [0.3, 0.4) is 0 Å². The van der Waals surface area contributed by atoms with Crippen LogP contribution in [-0.2, 0) is 16.4 Å². The van der Waals surface area contributed by atoms with Crippen molar-refractivity contribution in [3.05, 3.63) is 24.4 Å². The van der Waals surface area contributed by atoms with Gasteiger partial charge in [-0.2, -0.15) is 5.10 Å². The number of hydrogen-bond donors (Lipinski definition) is 1. The highest BCUT2D eigenvalue weighted by molar-refractivity contribution is 7.91. The van der Waals surface area contributed by atoms with Gasteiger partial charge in [0.05, 0.1) is 23.2 Å². The van der Waals surface area contributed by atoms with Crippen molar-refractivity contribution < 1.29 is 8.42 Å². The van der Waals surface area contributed by atoms with E-state index in [0.29, 0.717) is 17.4 Å². The minimum Gasteiger partial charge on any atom is -0.382 e. The second kappa shape index (κ2) is 5.91. The Bertz CT molecular complexity index is 753. The fraction of sp³-hybridized carbons (Fsp3) is 0.562. The van der Waals surface area contributed by atoms with E-state index < -0.39 is 9.84 Å². The average Bonchev–Trinajstić information content (AvgIpc) is 2.89. The van der Waals surface area contributed by atoms with Gasteiger partial charge in [0.15, 0.2) is 0 Å². The molecule has 1 atom stereocenters. The number of hydrogen-bond acceptors (Lipinski definition) is 4. The zero-order valence-corrected chi connectivity index (χ0v) is 13.9. The number of aryl methyl sites for hydroxylation is 1. The molecule has 0 radical (unpaired) electrons. The molecular weight excluding hydrogens is 298 g/mol. The van der Waals surface area contributed by atoms with E-state index in [0.717, 1.165) is 36.0 Å². The van der Waals surface area contributed by atoms with E-state index >= 15 is 0 Å². The van der Waals surface area contributed by atoms with Gasteiger partial charge in [-0.25, -0.2) is 8.42 Å². The van der Waals surface area contributed by atoms with E-state index in [1.807, 2.05) is 10.9 Å². The molecular formula is C16H23N3O2S. The summed E-state index contributed by atoms with van der Waals surface area (Å²) >= 11 is 0. The molecule has 1 N–H and O–H groups in total. The lowest BCUT2D eigenvalue weighted by atomic mass is 9.95. The van der Waals surface area contributed by atoms with Gasteiger partial charge >= 0.3 is 0 Å². The third-order valence-electron chi connectivity index (χ3n) is 4.64.